The minimum absolute atomic E-state index is 0.0485. The zero-order valence-corrected chi connectivity index (χ0v) is 19.9. The van der Waals surface area contributed by atoms with Crippen molar-refractivity contribution in [3.63, 3.8) is 0 Å². The van der Waals surface area contributed by atoms with Gasteiger partial charge in [0.05, 0.1) is 15.1 Å². The maximum absolute atomic E-state index is 13.0. The lowest BCUT2D eigenvalue weighted by atomic mass is 9.96. The monoisotopic (exact) mass is 475 g/mol. The van der Waals surface area contributed by atoms with Crippen LogP contribution in [0.25, 0.3) is 10.2 Å². The van der Waals surface area contributed by atoms with Crippen LogP contribution in [0.2, 0.25) is 0 Å². The molecule has 0 aliphatic heterocycles. The second kappa shape index (κ2) is 9.28. The fourth-order valence-electron chi connectivity index (χ4n) is 3.84. The molecule has 3 aromatic rings. The zero-order chi connectivity index (χ0) is 22.0. The first-order valence-electron chi connectivity index (χ1n) is 10.2. The van der Waals surface area contributed by atoms with Crippen molar-refractivity contribution in [2.24, 2.45) is 0 Å². The number of carbonyl (C=O) groups excluding carboxylic acids is 1. The first-order chi connectivity index (χ1) is 14.9. The molecule has 4 rings (SSSR count). The van der Waals surface area contributed by atoms with Crippen molar-refractivity contribution in [3.8, 4) is 0 Å². The molecule has 1 fully saturated rings. The lowest BCUT2D eigenvalue weighted by Crippen LogP contribution is -2.38. The zero-order valence-electron chi connectivity index (χ0n) is 17.5. The number of thiazole rings is 1. The number of fused-ring (bicyclic) bond motifs is 1. The van der Waals surface area contributed by atoms with Gasteiger partial charge in [-0.25, -0.2) is 13.4 Å². The molecule has 0 unspecified atom stereocenters. The van der Waals surface area contributed by atoms with E-state index in [1.54, 1.807) is 30.9 Å². The van der Waals surface area contributed by atoms with E-state index < -0.39 is 10.0 Å². The second-order valence-corrected chi connectivity index (χ2v) is 11.6. The molecule has 1 aromatic heterocycles. The molecule has 1 aliphatic carbocycles. The highest BCUT2D eigenvalue weighted by atomic mass is 32.2. The summed E-state index contributed by atoms with van der Waals surface area (Å²) in [5.41, 5.74) is 1.23. The Bertz CT molecular complexity index is 1180. The molecule has 0 bridgehead atoms. The molecule has 0 saturated heterocycles. The minimum atomic E-state index is -3.57. The van der Waals surface area contributed by atoms with Crippen LogP contribution in [0.1, 0.15) is 42.5 Å². The van der Waals surface area contributed by atoms with Crippen molar-refractivity contribution in [1.82, 2.24) is 9.29 Å². The van der Waals surface area contributed by atoms with Crippen molar-refractivity contribution < 1.29 is 13.2 Å². The summed E-state index contributed by atoms with van der Waals surface area (Å²) in [6, 6.07) is 12.2. The summed E-state index contributed by atoms with van der Waals surface area (Å²) in [4.78, 5) is 18.5. The van der Waals surface area contributed by atoms with Gasteiger partial charge in [0.2, 0.25) is 10.0 Å². The van der Waals surface area contributed by atoms with Crippen LogP contribution < -0.4 is 5.32 Å². The van der Waals surface area contributed by atoms with Crippen LogP contribution >= 0.6 is 23.1 Å². The highest BCUT2D eigenvalue weighted by Gasteiger charge is 2.29. The van der Waals surface area contributed by atoms with E-state index in [4.69, 9.17) is 0 Å². The van der Waals surface area contributed by atoms with E-state index in [2.05, 4.69) is 16.4 Å². The van der Waals surface area contributed by atoms with Gasteiger partial charge in [-0.05, 0) is 61.6 Å². The Labute approximate surface area is 191 Å². The van der Waals surface area contributed by atoms with E-state index in [0.29, 0.717) is 10.7 Å². The third-order valence-corrected chi connectivity index (χ3v) is 9.28. The number of sulfonamides is 1. The summed E-state index contributed by atoms with van der Waals surface area (Å²) in [6.45, 7) is 0. The fourth-order valence-corrected chi connectivity index (χ4v) is 6.67. The fraction of sp³-hybridized carbons (Fsp3) is 0.364. The van der Waals surface area contributed by atoms with Gasteiger partial charge in [-0.3, -0.25) is 10.1 Å². The smallest absolute Gasteiger partial charge is 0.257 e. The average molecular weight is 476 g/mol. The molecule has 31 heavy (non-hydrogen) atoms. The predicted octanol–water partition coefficient (Wildman–Crippen LogP) is 5.22. The van der Waals surface area contributed by atoms with Crippen molar-refractivity contribution in [3.05, 3.63) is 48.0 Å². The van der Waals surface area contributed by atoms with E-state index >= 15 is 0 Å². The molecule has 0 spiro atoms. The number of benzene rings is 2. The summed E-state index contributed by atoms with van der Waals surface area (Å²) in [7, 11) is -1.92. The quantitative estimate of drug-likeness (QED) is 0.494. The van der Waals surface area contributed by atoms with Gasteiger partial charge in [-0.2, -0.15) is 4.31 Å². The third-order valence-electron chi connectivity index (χ3n) is 5.70. The van der Waals surface area contributed by atoms with E-state index in [1.165, 1.54) is 34.2 Å². The number of amides is 1. The van der Waals surface area contributed by atoms with Gasteiger partial charge >= 0.3 is 0 Å². The van der Waals surface area contributed by atoms with Gasteiger partial charge in [-0.1, -0.05) is 30.6 Å². The number of rotatable bonds is 6. The van der Waals surface area contributed by atoms with Gasteiger partial charge in [0.1, 0.15) is 0 Å². The van der Waals surface area contributed by atoms with Crippen LogP contribution in [0.4, 0.5) is 5.13 Å². The van der Waals surface area contributed by atoms with Crippen molar-refractivity contribution in [2.45, 2.75) is 47.9 Å². The van der Waals surface area contributed by atoms with Gasteiger partial charge in [0.25, 0.3) is 5.91 Å². The molecule has 0 radical (unpaired) electrons. The molecule has 9 heteroatoms. The van der Waals surface area contributed by atoms with Crippen LogP contribution in [0.3, 0.4) is 0 Å². The number of thioether (sulfide) groups is 1. The van der Waals surface area contributed by atoms with Crippen molar-refractivity contribution >= 4 is 54.4 Å². The van der Waals surface area contributed by atoms with Gasteiger partial charge in [0.15, 0.2) is 5.13 Å². The Morgan fingerprint density at radius 1 is 1.13 bits per heavy atom. The van der Waals surface area contributed by atoms with Crippen LogP contribution in [-0.4, -0.2) is 43.0 Å². The molecular weight excluding hydrogens is 450 g/mol. The average Bonchev–Trinajstić information content (AvgIpc) is 3.20. The molecular formula is C22H25N3O3S3. The molecule has 1 N–H and O–H groups in total. The van der Waals surface area contributed by atoms with Crippen LogP contribution in [-0.2, 0) is 10.0 Å². The lowest BCUT2D eigenvalue weighted by Gasteiger charge is -2.30. The topological polar surface area (TPSA) is 79.4 Å². The summed E-state index contributed by atoms with van der Waals surface area (Å²) >= 11 is 3.07. The number of hydrogen-bond donors (Lipinski definition) is 1. The molecule has 164 valence electrons. The number of aromatic nitrogens is 1. The molecule has 2 aromatic carbocycles. The van der Waals surface area contributed by atoms with Crippen molar-refractivity contribution in [1.29, 1.82) is 0 Å². The summed E-state index contributed by atoms with van der Waals surface area (Å²) in [6.07, 6.45) is 7.11. The Hall–Kier alpha value is -1.94. The standard InChI is InChI=1S/C22H25N3O3S3/c1-25(16-6-4-3-5-7-16)31(27,28)18-11-8-15(9-12-18)21(26)24-22-23-19-13-10-17(29-2)14-20(19)30-22/h8-14,16H,3-7H2,1-2H3,(H,23,24,26). The Morgan fingerprint density at radius 3 is 2.52 bits per heavy atom. The summed E-state index contributed by atoms with van der Waals surface area (Å²) in [5.74, 6) is -0.311. The molecule has 6 nitrogen and oxygen atoms in total. The van der Waals surface area contributed by atoms with Crippen molar-refractivity contribution in [2.75, 3.05) is 18.6 Å². The normalized spacial score (nSPS) is 15.5. The van der Waals surface area contributed by atoms with Gasteiger partial charge in [0, 0.05) is 23.5 Å². The summed E-state index contributed by atoms with van der Waals surface area (Å²) < 4.78 is 28.4. The van der Waals surface area contributed by atoms with Crippen LogP contribution in [0.15, 0.2) is 52.3 Å². The highest BCUT2D eigenvalue weighted by Crippen LogP contribution is 2.30. The largest absolute Gasteiger partial charge is 0.298 e. The first kappa shape index (κ1) is 22.3. The maximum atomic E-state index is 13.0. The molecule has 0 atom stereocenters. The second-order valence-electron chi connectivity index (χ2n) is 7.64. The van der Waals surface area contributed by atoms with Gasteiger partial charge < -0.3 is 0 Å². The lowest BCUT2D eigenvalue weighted by molar-refractivity contribution is 0.102. The molecule has 1 saturated carbocycles. The summed E-state index contributed by atoms with van der Waals surface area (Å²) in [5, 5.41) is 3.34. The number of nitrogens with one attached hydrogen (secondary N) is 1. The first-order valence-corrected chi connectivity index (χ1v) is 13.7. The number of anilines is 1. The Balaban J connectivity index is 1.47. The minimum Gasteiger partial charge on any atom is -0.298 e. The third kappa shape index (κ3) is 4.79. The highest BCUT2D eigenvalue weighted by molar-refractivity contribution is 7.98. The predicted molar refractivity (Wildman–Crippen MR) is 128 cm³/mol. The van der Waals surface area contributed by atoms with E-state index in [9.17, 15) is 13.2 Å². The number of hydrogen-bond acceptors (Lipinski definition) is 6. The van der Waals surface area contributed by atoms with Crippen LogP contribution in [0.5, 0.6) is 0 Å². The van der Waals surface area contributed by atoms with Crippen LogP contribution in [0, 0.1) is 0 Å². The van der Waals surface area contributed by atoms with E-state index in [-0.39, 0.29) is 16.8 Å². The Kier molecular flexibility index (Phi) is 6.66. The SMILES string of the molecule is CSc1ccc2nc(NC(=O)c3ccc(S(=O)(=O)N(C)C4CCCCC4)cc3)sc2c1. The maximum Gasteiger partial charge on any atom is 0.257 e. The molecule has 1 aliphatic rings. The number of carbonyl (C=O) groups is 1. The van der Waals surface area contributed by atoms with Gasteiger partial charge in [-0.15, -0.1) is 11.8 Å². The Morgan fingerprint density at radius 2 is 1.84 bits per heavy atom. The van der Waals surface area contributed by atoms with E-state index in [0.717, 1.165) is 40.8 Å². The number of nitrogens with zero attached hydrogens (tertiary/aromatic N) is 2. The molecule has 1 amide bonds. The van der Waals surface area contributed by atoms with E-state index in [1.807, 2.05) is 18.4 Å². The molecule has 1 heterocycles.